The molecule has 4 heterocycles. The minimum atomic E-state index is -0.0992. The Hall–Kier alpha value is -2.73. The van der Waals surface area contributed by atoms with Crippen LogP contribution in [0.15, 0.2) is 54.6 Å². The Balaban J connectivity index is 1.85. The Morgan fingerprint density at radius 1 is 1.03 bits per heavy atom. The van der Waals surface area contributed by atoms with Gasteiger partial charge in [0.15, 0.2) is 5.65 Å². The van der Waals surface area contributed by atoms with Crippen LogP contribution < -0.4 is 5.32 Å². The number of anilines is 1. The van der Waals surface area contributed by atoms with Crippen molar-refractivity contribution in [1.29, 1.82) is 0 Å². The fraction of sp³-hybridized carbons (Fsp3) is 0.348. The summed E-state index contributed by atoms with van der Waals surface area (Å²) in [6.45, 7) is 11.3. The third kappa shape index (κ3) is 4.17. The summed E-state index contributed by atoms with van der Waals surface area (Å²) in [6.07, 6.45) is 10.3. The smallest absolute Gasteiger partial charge is 0.157 e. The highest BCUT2D eigenvalue weighted by Crippen LogP contribution is 2.41. The number of fused-ring (bicyclic) bond motifs is 1. The van der Waals surface area contributed by atoms with E-state index in [4.69, 9.17) is 4.98 Å². The predicted octanol–water partition coefficient (Wildman–Crippen LogP) is 6.15. The van der Waals surface area contributed by atoms with Crippen molar-refractivity contribution < 1.29 is 0 Å². The molecule has 0 aliphatic carbocycles. The Morgan fingerprint density at radius 2 is 1.83 bits per heavy atom. The number of aromatic nitrogens is 4. The lowest BCUT2D eigenvalue weighted by Gasteiger charge is -2.34. The van der Waals surface area contributed by atoms with E-state index in [1.54, 1.807) is 23.7 Å². The first-order valence-corrected chi connectivity index (χ1v) is 10.7. The maximum atomic E-state index is 4.95. The Bertz CT molecular complexity index is 1120. The Labute approximate surface area is 175 Å². The van der Waals surface area contributed by atoms with E-state index >= 15 is 0 Å². The number of nitrogens with one attached hydrogen (secondary N) is 1. The van der Waals surface area contributed by atoms with Gasteiger partial charge in [0.25, 0.3) is 0 Å². The van der Waals surface area contributed by atoms with Crippen LogP contribution in [0.1, 0.15) is 41.0 Å². The summed E-state index contributed by atoms with van der Waals surface area (Å²) in [4.78, 5) is 14.6. The molecule has 0 atom stereocenters. The molecule has 4 aromatic heterocycles. The van der Waals surface area contributed by atoms with Crippen molar-refractivity contribution in [2.24, 2.45) is 5.41 Å². The molecule has 29 heavy (non-hydrogen) atoms. The van der Waals surface area contributed by atoms with Gasteiger partial charge in [-0.25, -0.2) is 4.98 Å². The lowest BCUT2D eigenvalue weighted by molar-refractivity contribution is 0.302. The van der Waals surface area contributed by atoms with Gasteiger partial charge in [0.1, 0.15) is 11.5 Å². The summed E-state index contributed by atoms with van der Waals surface area (Å²) >= 11 is 1.70. The average Bonchev–Trinajstić information content (AvgIpc) is 3.25. The lowest BCUT2D eigenvalue weighted by atomic mass is 9.82. The number of nitrogens with zero attached hydrogens (tertiary/aromatic N) is 4. The molecule has 0 aliphatic rings. The summed E-state index contributed by atoms with van der Waals surface area (Å²) in [6, 6.07) is 6.20. The minimum Gasteiger partial charge on any atom is -0.364 e. The normalized spacial score (nSPS) is 12.4. The van der Waals surface area contributed by atoms with Crippen LogP contribution in [0.3, 0.4) is 0 Å². The summed E-state index contributed by atoms with van der Waals surface area (Å²) < 4.78 is 2.10. The monoisotopic (exact) mass is 405 g/mol. The van der Waals surface area contributed by atoms with Gasteiger partial charge in [0.2, 0.25) is 0 Å². The maximum absolute atomic E-state index is 4.95. The van der Waals surface area contributed by atoms with Crippen molar-refractivity contribution >= 4 is 22.8 Å². The van der Waals surface area contributed by atoms with Crippen molar-refractivity contribution in [3.8, 4) is 21.7 Å². The third-order valence-corrected chi connectivity index (χ3v) is 5.63. The van der Waals surface area contributed by atoms with Crippen LogP contribution in [-0.4, -0.2) is 24.9 Å². The molecule has 1 N–H and O–H groups in total. The molecule has 4 aromatic rings. The van der Waals surface area contributed by atoms with E-state index in [2.05, 4.69) is 71.8 Å². The molecule has 0 radical (unpaired) electrons. The van der Waals surface area contributed by atoms with Gasteiger partial charge in [-0.05, 0) is 43.2 Å². The SMILES string of the molecule is CC(C)(C)CC(C)(C)Nc1c(-c2sccc2-c2cccnc2)nc2cnccn12. The second kappa shape index (κ2) is 7.26. The van der Waals surface area contributed by atoms with Crippen LogP contribution in [0.4, 0.5) is 5.82 Å². The lowest BCUT2D eigenvalue weighted by Crippen LogP contribution is -2.36. The maximum Gasteiger partial charge on any atom is 0.157 e. The summed E-state index contributed by atoms with van der Waals surface area (Å²) in [5.74, 6) is 1.00. The van der Waals surface area contributed by atoms with Gasteiger partial charge in [-0.3, -0.25) is 14.4 Å². The second-order valence-electron chi connectivity index (χ2n) is 9.26. The first-order chi connectivity index (χ1) is 13.7. The highest BCUT2D eigenvalue weighted by Gasteiger charge is 2.29. The highest BCUT2D eigenvalue weighted by molar-refractivity contribution is 7.14. The van der Waals surface area contributed by atoms with E-state index < -0.39 is 0 Å². The van der Waals surface area contributed by atoms with Crippen LogP contribution in [-0.2, 0) is 0 Å². The van der Waals surface area contributed by atoms with E-state index in [0.29, 0.717) is 0 Å². The van der Waals surface area contributed by atoms with E-state index in [1.165, 1.54) is 0 Å². The van der Waals surface area contributed by atoms with E-state index in [-0.39, 0.29) is 11.0 Å². The molecule has 0 aromatic carbocycles. The van der Waals surface area contributed by atoms with E-state index in [9.17, 15) is 0 Å². The van der Waals surface area contributed by atoms with Crippen LogP contribution >= 0.6 is 11.3 Å². The number of thiophene rings is 1. The van der Waals surface area contributed by atoms with Gasteiger partial charge < -0.3 is 5.32 Å². The molecule has 0 unspecified atom stereocenters. The van der Waals surface area contributed by atoms with Crippen molar-refractivity contribution in [3.05, 3.63) is 54.6 Å². The predicted molar refractivity (Wildman–Crippen MR) is 121 cm³/mol. The Morgan fingerprint density at radius 3 is 2.55 bits per heavy atom. The molecule has 0 saturated carbocycles. The molecule has 0 aliphatic heterocycles. The van der Waals surface area contributed by atoms with Crippen LogP contribution in [0.2, 0.25) is 0 Å². The van der Waals surface area contributed by atoms with Crippen LogP contribution in [0.5, 0.6) is 0 Å². The van der Waals surface area contributed by atoms with Crippen LogP contribution in [0.25, 0.3) is 27.3 Å². The topological polar surface area (TPSA) is 55.1 Å². The minimum absolute atomic E-state index is 0.0992. The molecule has 0 saturated heterocycles. The van der Waals surface area contributed by atoms with Gasteiger partial charge in [0, 0.05) is 41.5 Å². The summed E-state index contributed by atoms with van der Waals surface area (Å²) in [5.41, 5.74) is 4.14. The first kappa shape index (κ1) is 19.6. The summed E-state index contributed by atoms with van der Waals surface area (Å²) in [5, 5.41) is 5.91. The first-order valence-electron chi connectivity index (χ1n) is 9.82. The average molecular weight is 406 g/mol. The van der Waals surface area contributed by atoms with E-state index in [1.807, 2.05) is 24.7 Å². The number of pyridine rings is 1. The molecule has 5 nitrogen and oxygen atoms in total. The number of hydrogen-bond acceptors (Lipinski definition) is 5. The largest absolute Gasteiger partial charge is 0.364 e. The van der Waals surface area contributed by atoms with Gasteiger partial charge in [-0.15, -0.1) is 11.3 Å². The third-order valence-electron chi connectivity index (χ3n) is 4.71. The molecule has 0 spiro atoms. The van der Waals surface area contributed by atoms with Crippen molar-refractivity contribution in [2.45, 2.75) is 46.6 Å². The molecule has 6 heteroatoms. The molecule has 0 amide bonds. The zero-order valence-corrected chi connectivity index (χ0v) is 18.4. The number of hydrogen-bond donors (Lipinski definition) is 1. The number of rotatable bonds is 5. The van der Waals surface area contributed by atoms with Gasteiger partial charge in [0.05, 0.1) is 11.1 Å². The quantitative estimate of drug-likeness (QED) is 0.433. The molecule has 150 valence electrons. The molecule has 0 bridgehead atoms. The second-order valence-corrected chi connectivity index (χ2v) is 10.2. The van der Waals surface area contributed by atoms with Crippen molar-refractivity contribution in [3.63, 3.8) is 0 Å². The van der Waals surface area contributed by atoms with Crippen molar-refractivity contribution in [2.75, 3.05) is 5.32 Å². The highest BCUT2D eigenvalue weighted by atomic mass is 32.1. The van der Waals surface area contributed by atoms with Gasteiger partial charge in [-0.2, -0.15) is 0 Å². The molecule has 4 rings (SSSR count). The summed E-state index contributed by atoms with van der Waals surface area (Å²) in [7, 11) is 0. The number of imidazole rings is 1. The standard InChI is InChI=1S/C23H27N5S/c1-22(2,3)15-23(4,5)27-21-19(26-18-14-25-10-11-28(18)21)20-17(8-12-29-20)16-7-6-9-24-13-16/h6-14,27H,15H2,1-5H3. The molecular formula is C23H27N5S. The van der Waals surface area contributed by atoms with Crippen LogP contribution in [0, 0.1) is 5.41 Å². The van der Waals surface area contributed by atoms with Crippen molar-refractivity contribution in [1.82, 2.24) is 19.4 Å². The van der Waals surface area contributed by atoms with Gasteiger partial charge in [-0.1, -0.05) is 26.8 Å². The fourth-order valence-corrected chi connectivity index (χ4v) is 5.02. The zero-order valence-electron chi connectivity index (χ0n) is 17.6. The Kier molecular flexibility index (Phi) is 4.90. The zero-order chi connectivity index (χ0) is 20.6. The van der Waals surface area contributed by atoms with E-state index in [0.717, 1.165) is 39.6 Å². The molecular weight excluding hydrogens is 378 g/mol. The molecule has 0 fully saturated rings. The fourth-order valence-electron chi connectivity index (χ4n) is 4.12. The van der Waals surface area contributed by atoms with Gasteiger partial charge >= 0.3 is 0 Å².